The third-order valence-corrected chi connectivity index (χ3v) is 11.7. The molecule has 0 aromatic heterocycles. The normalized spacial score (nSPS) is 23.3. The Morgan fingerprint density at radius 2 is 1.04 bits per heavy atom. The fourth-order valence-corrected chi connectivity index (χ4v) is 8.41. The van der Waals surface area contributed by atoms with E-state index < -0.39 is 0 Å². The molecule has 2 aromatic rings. The van der Waals surface area contributed by atoms with Crippen molar-refractivity contribution in [2.24, 2.45) is 11.3 Å². The van der Waals surface area contributed by atoms with Gasteiger partial charge in [0.15, 0.2) is 5.78 Å². The minimum absolute atomic E-state index is 0.0987. The topological polar surface area (TPSA) is 23.6 Å². The number of rotatable bonds is 12. The molecule has 1 fully saturated rings. The number of carbonyl (C=O) groups excluding carboxylic acids is 1. The molecule has 2 heterocycles. The van der Waals surface area contributed by atoms with Crippen molar-refractivity contribution in [3.63, 3.8) is 0 Å². The molecule has 0 bridgehead atoms. The number of nitrogens with zero attached hydrogens (tertiary/aromatic N) is 2. The van der Waals surface area contributed by atoms with Crippen LogP contribution in [0.25, 0.3) is 0 Å². The van der Waals surface area contributed by atoms with Gasteiger partial charge in [0, 0.05) is 57.8 Å². The minimum Gasteiger partial charge on any atom is -0.344 e. The number of unbranched alkanes of at least 4 members (excludes halogenated alkanes) is 6. The Kier molecular flexibility index (Phi) is 11.5. The molecule has 3 nitrogen and oxygen atoms in total. The van der Waals surface area contributed by atoms with Crippen LogP contribution < -0.4 is 9.80 Å². The first kappa shape index (κ1) is 36.9. The predicted octanol–water partition coefficient (Wildman–Crippen LogP) is 12.4. The second-order valence-electron chi connectivity index (χ2n) is 17.0. The van der Waals surface area contributed by atoms with Crippen molar-refractivity contribution in [2.75, 3.05) is 22.9 Å². The molecular weight excluding hydrogens is 597 g/mol. The summed E-state index contributed by atoms with van der Waals surface area (Å²) in [5.41, 5.74) is 9.78. The third-order valence-electron chi connectivity index (χ3n) is 11.7. The van der Waals surface area contributed by atoms with Gasteiger partial charge >= 0.3 is 0 Å². The molecule has 1 atom stereocenters. The zero-order valence-electron chi connectivity index (χ0n) is 32.3. The molecule has 1 saturated carbocycles. The van der Waals surface area contributed by atoms with E-state index in [1.807, 2.05) is 0 Å². The zero-order valence-corrected chi connectivity index (χ0v) is 32.3. The molecule has 0 saturated heterocycles. The van der Waals surface area contributed by atoms with Crippen molar-refractivity contribution in [2.45, 2.75) is 137 Å². The van der Waals surface area contributed by atoms with Crippen LogP contribution in [-0.4, -0.2) is 18.9 Å². The Morgan fingerprint density at radius 1 is 0.633 bits per heavy atom. The quantitative estimate of drug-likeness (QED) is 0.167. The van der Waals surface area contributed by atoms with E-state index in [1.165, 1.54) is 85.3 Å². The summed E-state index contributed by atoms with van der Waals surface area (Å²) in [5.74, 6) is 0.622. The second-order valence-corrected chi connectivity index (χ2v) is 17.0. The van der Waals surface area contributed by atoms with Gasteiger partial charge in [0.1, 0.15) is 0 Å². The molecule has 2 aromatic carbocycles. The molecule has 0 radical (unpaired) electrons. The molecule has 0 amide bonds. The molecule has 5 rings (SSSR count). The van der Waals surface area contributed by atoms with Gasteiger partial charge in [-0.05, 0) is 72.4 Å². The highest BCUT2D eigenvalue weighted by molar-refractivity contribution is 6.09. The van der Waals surface area contributed by atoms with Gasteiger partial charge in [-0.25, -0.2) is 0 Å². The molecule has 1 aliphatic carbocycles. The summed E-state index contributed by atoms with van der Waals surface area (Å²) in [7, 11) is 0. The SMILES string of the molecule is CCCCCCN1/C(=C\C=C2\CC(C(C)(C)C)C/C(=C\C=C3\N(CCCCCC)c4ccccc4C3(C)C)C2=O)C(C)(C)c2ccccc21. The van der Waals surface area contributed by atoms with Gasteiger partial charge in [-0.1, -0.05) is 149 Å². The average molecular weight is 661 g/mol. The standard InChI is InChI=1S/C46H64N2O/c1-10-12-14-20-30-47-39-24-18-16-22-37(39)45(6,7)41(47)28-26-34-32-36(44(3,4)5)33-35(43(34)49)27-29-42-46(8,9)38-23-17-19-25-40(38)48(42)31-21-15-13-11-2/h16-19,22-29,36H,10-15,20-21,30-33H2,1-9H3/b34-26-,35-27+,41-28-,42-29+. The lowest BCUT2D eigenvalue weighted by molar-refractivity contribution is -0.113. The number of benzene rings is 2. The van der Waals surface area contributed by atoms with E-state index in [1.54, 1.807) is 0 Å². The highest BCUT2D eigenvalue weighted by Gasteiger charge is 2.41. The van der Waals surface area contributed by atoms with Gasteiger partial charge in [-0.15, -0.1) is 0 Å². The lowest BCUT2D eigenvalue weighted by Gasteiger charge is -2.35. The van der Waals surface area contributed by atoms with Gasteiger partial charge in [0.25, 0.3) is 0 Å². The van der Waals surface area contributed by atoms with Gasteiger partial charge < -0.3 is 9.80 Å². The summed E-state index contributed by atoms with van der Waals surface area (Å²) in [6.45, 7) is 23.0. The Bertz CT molecular complexity index is 1500. The zero-order chi connectivity index (χ0) is 35.4. The number of para-hydroxylation sites is 2. The Labute approximate surface area is 299 Å². The van der Waals surface area contributed by atoms with E-state index in [0.29, 0.717) is 5.92 Å². The predicted molar refractivity (Wildman–Crippen MR) is 211 cm³/mol. The number of carbonyl (C=O) groups is 1. The van der Waals surface area contributed by atoms with Crippen molar-refractivity contribution in [3.05, 3.63) is 107 Å². The van der Waals surface area contributed by atoms with Crippen LogP contribution in [0, 0.1) is 11.3 Å². The van der Waals surface area contributed by atoms with E-state index in [0.717, 1.165) is 37.1 Å². The number of allylic oxidation sites excluding steroid dienone is 8. The molecule has 1 unspecified atom stereocenters. The molecule has 0 N–H and O–H groups in total. The summed E-state index contributed by atoms with van der Waals surface area (Å²) in [6.07, 6.45) is 20.5. The van der Waals surface area contributed by atoms with Crippen LogP contribution in [0.15, 0.2) is 95.4 Å². The Balaban J connectivity index is 1.51. The number of hydrogen-bond donors (Lipinski definition) is 0. The fourth-order valence-electron chi connectivity index (χ4n) is 8.41. The summed E-state index contributed by atoms with van der Waals surface area (Å²) in [6, 6.07) is 17.8. The van der Waals surface area contributed by atoms with E-state index in [4.69, 9.17) is 0 Å². The van der Waals surface area contributed by atoms with Gasteiger partial charge in [0.2, 0.25) is 0 Å². The maximum Gasteiger partial charge on any atom is 0.185 e. The highest BCUT2D eigenvalue weighted by Crippen LogP contribution is 2.50. The monoisotopic (exact) mass is 661 g/mol. The van der Waals surface area contributed by atoms with Crippen molar-refractivity contribution in [3.8, 4) is 0 Å². The van der Waals surface area contributed by atoms with Gasteiger partial charge in [0.05, 0.1) is 0 Å². The Hall–Kier alpha value is -3.33. The number of hydrogen-bond acceptors (Lipinski definition) is 3. The largest absolute Gasteiger partial charge is 0.344 e. The van der Waals surface area contributed by atoms with E-state index in [9.17, 15) is 4.79 Å². The van der Waals surface area contributed by atoms with Crippen LogP contribution in [-0.2, 0) is 15.6 Å². The number of fused-ring (bicyclic) bond motifs is 2. The molecule has 2 aliphatic heterocycles. The van der Waals surface area contributed by atoms with Crippen molar-refractivity contribution in [1.82, 2.24) is 0 Å². The first-order chi connectivity index (χ1) is 23.3. The summed E-state index contributed by atoms with van der Waals surface area (Å²) in [5, 5.41) is 0. The third kappa shape index (κ3) is 7.72. The number of Topliss-reactive ketones (excluding diaryl/α,β-unsaturated/α-hetero) is 1. The van der Waals surface area contributed by atoms with E-state index in [-0.39, 0.29) is 22.0 Å². The smallest absolute Gasteiger partial charge is 0.185 e. The lowest BCUT2D eigenvalue weighted by Crippen LogP contribution is -2.30. The van der Waals surface area contributed by atoms with Crippen molar-refractivity contribution < 1.29 is 4.79 Å². The van der Waals surface area contributed by atoms with Crippen LogP contribution in [0.2, 0.25) is 0 Å². The van der Waals surface area contributed by atoms with Crippen LogP contribution in [0.1, 0.15) is 138 Å². The molecule has 49 heavy (non-hydrogen) atoms. The summed E-state index contributed by atoms with van der Waals surface area (Å²) < 4.78 is 0. The van der Waals surface area contributed by atoms with E-state index in [2.05, 4.69) is 145 Å². The Morgan fingerprint density at radius 3 is 1.43 bits per heavy atom. The minimum atomic E-state index is -0.119. The maximum absolute atomic E-state index is 14.4. The van der Waals surface area contributed by atoms with E-state index >= 15 is 0 Å². The molecule has 0 spiro atoms. The molecule has 264 valence electrons. The molecule has 3 heteroatoms. The number of anilines is 2. The van der Waals surface area contributed by atoms with Gasteiger partial charge in [-0.2, -0.15) is 0 Å². The highest BCUT2D eigenvalue weighted by atomic mass is 16.1. The van der Waals surface area contributed by atoms with Crippen molar-refractivity contribution in [1.29, 1.82) is 0 Å². The van der Waals surface area contributed by atoms with Crippen LogP contribution >= 0.6 is 0 Å². The average Bonchev–Trinajstić information content (AvgIpc) is 3.41. The first-order valence-electron chi connectivity index (χ1n) is 19.4. The van der Waals surface area contributed by atoms with Crippen LogP contribution in [0.4, 0.5) is 11.4 Å². The maximum atomic E-state index is 14.4. The summed E-state index contributed by atoms with van der Waals surface area (Å²) >= 11 is 0. The van der Waals surface area contributed by atoms with Crippen LogP contribution in [0.3, 0.4) is 0 Å². The molecule has 3 aliphatic rings. The summed E-state index contributed by atoms with van der Waals surface area (Å²) in [4.78, 5) is 19.5. The second kappa shape index (κ2) is 15.3. The number of ketones is 1. The lowest BCUT2D eigenvalue weighted by atomic mass is 9.68. The first-order valence-corrected chi connectivity index (χ1v) is 19.4. The van der Waals surface area contributed by atoms with Crippen LogP contribution in [0.5, 0.6) is 0 Å². The molecular formula is C46H64N2O. The fraction of sp³-hybridized carbons (Fsp3) is 0.543. The van der Waals surface area contributed by atoms with Gasteiger partial charge in [-0.3, -0.25) is 4.79 Å². The van der Waals surface area contributed by atoms with Crippen molar-refractivity contribution >= 4 is 17.2 Å².